The highest BCUT2D eigenvalue weighted by atomic mass is 31.2. The van der Waals surface area contributed by atoms with Crippen LogP contribution in [-0.2, 0) is 13.6 Å². The Bertz CT molecular complexity index is 236. The molecule has 0 amide bonds. The van der Waals surface area contributed by atoms with Crippen LogP contribution in [0.25, 0.3) is 0 Å². The molecule has 0 aliphatic rings. The van der Waals surface area contributed by atoms with Crippen LogP contribution >= 0.6 is 7.60 Å². The molecule has 0 aliphatic carbocycles. The first-order valence-corrected chi connectivity index (χ1v) is 6.88. The van der Waals surface area contributed by atoms with Crippen molar-refractivity contribution in [1.29, 1.82) is 0 Å². The zero-order chi connectivity index (χ0) is 11.6. The Balaban J connectivity index is 3.95. The average molecular weight is 232 g/mol. The lowest BCUT2D eigenvalue weighted by Gasteiger charge is -2.10. The Morgan fingerprint density at radius 1 is 1.40 bits per heavy atom. The van der Waals surface area contributed by atoms with Crippen LogP contribution in [0.4, 0.5) is 0 Å². The summed E-state index contributed by atoms with van der Waals surface area (Å²) >= 11 is 0. The molecule has 0 bridgehead atoms. The van der Waals surface area contributed by atoms with E-state index in [-0.39, 0.29) is 6.61 Å². The molecule has 0 aliphatic heterocycles. The average Bonchev–Trinajstić information content (AvgIpc) is 2.26. The third-order valence-corrected chi connectivity index (χ3v) is 3.48. The van der Waals surface area contributed by atoms with E-state index in [0.29, 0.717) is 0 Å². The van der Waals surface area contributed by atoms with E-state index in [1.54, 1.807) is 6.08 Å². The number of hydrogen-bond acceptors (Lipinski definition) is 3. The molecule has 15 heavy (non-hydrogen) atoms. The van der Waals surface area contributed by atoms with Crippen molar-refractivity contribution in [3.05, 3.63) is 24.5 Å². The molecule has 3 nitrogen and oxygen atoms in total. The van der Waals surface area contributed by atoms with Gasteiger partial charge in [-0.3, -0.25) is 4.57 Å². The standard InChI is InChI=1S/C11H21O3P/c1-4-6-7-8-9-11-15(12,13-3)14-10-5-2/h5,9,11H,2,4,6-8,10H2,1,3H3/b11-9+. The molecule has 0 spiro atoms. The lowest BCUT2D eigenvalue weighted by molar-refractivity contribution is 0.264. The molecule has 0 saturated heterocycles. The van der Waals surface area contributed by atoms with Gasteiger partial charge in [0.2, 0.25) is 0 Å². The first-order chi connectivity index (χ1) is 7.18. The van der Waals surface area contributed by atoms with Gasteiger partial charge < -0.3 is 9.05 Å². The molecule has 0 saturated carbocycles. The van der Waals surface area contributed by atoms with Crippen LogP contribution < -0.4 is 0 Å². The van der Waals surface area contributed by atoms with E-state index in [9.17, 15) is 4.57 Å². The molecule has 0 fully saturated rings. The van der Waals surface area contributed by atoms with Gasteiger partial charge in [-0.15, -0.1) is 6.58 Å². The second-order valence-electron chi connectivity index (χ2n) is 3.19. The van der Waals surface area contributed by atoms with Gasteiger partial charge in [-0.1, -0.05) is 31.9 Å². The van der Waals surface area contributed by atoms with Gasteiger partial charge in [-0.05, 0) is 12.8 Å². The highest BCUT2D eigenvalue weighted by Gasteiger charge is 2.16. The zero-order valence-corrected chi connectivity index (χ0v) is 10.5. The topological polar surface area (TPSA) is 35.5 Å². The van der Waals surface area contributed by atoms with Crippen molar-refractivity contribution in [3.8, 4) is 0 Å². The molecule has 0 aromatic rings. The van der Waals surface area contributed by atoms with Gasteiger partial charge in [0.1, 0.15) is 0 Å². The van der Waals surface area contributed by atoms with Gasteiger partial charge in [0.25, 0.3) is 0 Å². The zero-order valence-electron chi connectivity index (χ0n) is 9.65. The largest absolute Gasteiger partial charge is 0.353 e. The molecular weight excluding hydrogens is 211 g/mol. The minimum atomic E-state index is -3.02. The summed E-state index contributed by atoms with van der Waals surface area (Å²) in [7, 11) is -1.63. The Morgan fingerprint density at radius 2 is 2.13 bits per heavy atom. The van der Waals surface area contributed by atoms with Crippen molar-refractivity contribution in [2.24, 2.45) is 0 Å². The molecule has 0 N–H and O–H groups in total. The highest BCUT2D eigenvalue weighted by molar-refractivity contribution is 7.57. The van der Waals surface area contributed by atoms with Gasteiger partial charge in [-0.2, -0.15) is 0 Å². The monoisotopic (exact) mass is 232 g/mol. The number of rotatable bonds is 9. The van der Waals surface area contributed by atoms with Crippen LogP contribution in [0.3, 0.4) is 0 Å². The fourth-order valence-electron chi connectivity index (χ4n) is 1.03. The van der Waals surface area contributed by atoms with E-state index >= 15 is 0 Å². The van der Waals surface area contributed by atoms with Crippen LogP contribution in [0.1, 0.15) is 32.6 Å². The van der Waals surface area contributed by atoms with Crippen LogP contribution in [0.2, 0.25) is 0 Å². The van der Waals surface area contributed by atoms with Crippen LogP contribution in [0, 0.1) is 0 Å². The van der Waals surface area contributed by atoms with E-state index < -0.39 is 7.60 Å². The third kappa shape index (κ3) is 7.55. The molecule has 0 heterocycles. The summed E-state index contributed by atoms with van der Waals surface area (Å²) in [5, 5.41) is 0. The highest BCUT2D eigenvalue weighted by Crippen LogP contribution is 2.48. The van der Waals surface area contributed by atoms with Crippen LogP contribution in [0.5, 0.6) is 0 Å². The first-order valence-electron chi connectivity index (χ1n) is 5.27. The summed E-state index contributed by atoms with van der Waals surface area (Å²) in [5.74, 6) is 1.53. The van der Waals surface area contributed by atoms with Crippen molar-refractivity contribution in [3.63, 3.8) is 0 Å². The summed E-state index contributed by atoms with van der Waals surface area (Å²) in [6, 6.07) is 0. The predicted octanol–water partition coefficient (Wildman–Crippen LogP) is 4.12. The molecule has 4 heteroatoms. The Hall–Kier alpha value is -0.370. The van der Waals surface area contributed by atoms with Crippen molar-refractivity contribution in [2.75, 3.05) is 13.7 Å². The second-order valence-corrected chi connectivity index (χ2v) is 5.19. The van der Waals surface area contributed by atoms with Gasteiger partial charge in [0.15, 0.2) is 0 Å². The van der Waals surface area contributed by atoms with E-state index in [0.717, 1.165) is 12.8 Å². The van der Waals surface area contributed by atoms with Crippen LogP contribution in [0.15, 0.2) is 24.5 Å². The van der Waals surface area contributed by atoms with Gasteiger partial charge in [0, 0.05) is 12.9 Å². The van der Waals surface area contributed by atoms with E-state index in [2.05, 4.69) is 13.5 Å². The maximum absolute atomic E-state index is 11.8. The maximum Gasteiger partial charge on any atom is 0.353 e. The Labute approximate surface area is 92.7 Å². The summed E-state index contributed by atoms with van der Waals surface area (Å²) in [4.78, 5) is 0. The molecule has 0 aromatic heterocycles. The van der Waals surface area contributed by atoms with E-state index in [1.165, 1.54) is 25.8 Å². The molecule has 1 atom stereocenters. The van der Waals surface area contributed by atoms with E-state index in [1.807, 2.05) is 6.08 Å². The Morgan fingerprint density at radius 3 is 2.67 bits per heavy atom. The number of unbranched alkanes of at least 4 members (excludes halogenated alkanes) is 3. The number of hydrogen-bond donors (Lipinski definition) is 0. The fourth-order valence-corrected chi connectivity index (χ4v) is 2.06. The Kier molecular flexibility index (Phi) is 8.68. The molecule has 88 valence electrons. The smallest absolute Gasteiger partial charge is 0.309 e. The molecular formula is C11H21O3P. The van der Waals surface area contributed by atoms with Crippen molar-refractivity contribution < 1.29 is 13.6 Å². The normalized spacial score (nSPS) is 15.3. The summed E-state index contributed by atoms with van der Waals surface area (Å²) in [6.07, 6.45) is 7.81. The minimum Gasteiger partial charge on any atom is -0.309 e. The van der Waals surface area contributed by atoms with Crippen molar-refractivity contribution >= 4 is 7.60 Å². The van der Waals surface area contributed by atoms with Crippen LogP contribution in [-0.4, -0.2) is 13.7 Å². The predicted molar refractivity (Wildman–Crippen MR) is 64.0 cm³/mol. The van der Waals surface area contributed by atoms with Gasteiger partial charge in [0.05, 0.1) is 6.61 Å². The first kappa shape index (κ1) is 14.6. The SMILES string of the molecule is C=CCOP(=O)(/C=C/CCCCC)OC. The lowest BCUT2D eigenvalue weighted by atomic mass is 10.2. The minimum absolute atomic E-state index is 0.240. The third-order valence-electron chi connectivity index (χ3n) is 1.89. The summed E-state index contributed by atoms with van der Waals surface area (Å²) in [6.45, 7) is 5.88. The molecule has 0 radical (unpaired) electrons. The lowest BCUT2D eigenvalue weighted by Crippen LogP contribution is -1.89. The maximum atomic E-state index is 11.8. The number of allylic oxidation sites excluding steroid dienone is 1. The molecule has 0 aromatic carbocycles. The van der Waals surface area contributed by atoms with Crippen molar-refractivity contribution in [1.82, 2.24) is 0 Å². The summed E-state index contributed by atoms with van der Waals surface area (Å²) < 4.78 is 21.7. The summed E-state index contributed by atoms with van der Waals surface area (Å²) in [5.41, 5.74) is 0. The quantitative estimate of drug-likeness (QED) is 0.341. The van der Waals surface area contributed by atoms with Gasteiger partial charge in [-0.25, -0.2) is 0 Å². The molecule has 0 rings (SSSR count). The van der Waals surface area contributed by atoms with E-state index in [4.69, 9.17) is 9.05 Å². The van der Waals surface area contributed by atoms with Crippen molar-refractivity contribution in [2.45, 2.75) is 32.6 Å². The fraction of sp³-hybridized carbons (Fsp3) is 0.636. The second kappa shape index (κ2) is 8.90. The molecule has 1 unspecified atom stereocenters. The van der Waals surface area contributed by atoms with Gasteiger partial charge >= 0.3 is 7.60 Å².